The number of halogens is 1. The van der Waals surface area contributed by atoms with Crippen LogP contribution in [0.15, 0.2) is 55.1 Å². The van der Waals surface area contributed by atoms with Gasteiger partial charge < -0.3 is 15.0 Å². The predicted molar refractivity (Wildman–Crippen MR) is 121 cm³/mol. The first-order valence-corrected chi connectivity index (χ1v) is 10.8. The summed E-state index contributed by atoms with van der Waals surface area (Å²) >= 11 is 6.03. The molecule has 158 valence electrons. The summed E-state index contributed by atoms with van der Waals surface area (Å²) in [6.45, 7) is 7.73. The van der Waals surface area contributed by atoms with Crippen molar-refractivity contribution in [2.75, 3.05) is 38.2 Å². The molecule has 5 nitrogen and oxygen atoms in total. The van der Waals surface area contributed by atoms with E-state index in [1.807, 2.05) is 18.2 Å². The van der Waals surface area contributed by atoms with Crippen LogP contribution in [0, 0.1) is 5.92 Å². The van der Waals surface area contributed by atoms with E-state index in [0.717, 1.165) is 43.4 Å². The number of nitrogens with one attached hydrogen (secondary N) is 1. The molecule has 0 saturated carbocycles. The van der Waals surface area contributed by atoms with Crippen molar-refractivity contribution in [2.45, 2.75) is 19.0 Å². The van der Waals surface area contributed by atoms with Crippen LogP contribution in [0.4, 0.5) is 5.69 Å². The lowest BCUT2D eigenvalue weighted by Crippen LogP contribution is -2.60. The molecule has 0 aromatic heterocycles. The summed E-state index contributed by atoms with van der Waals surface area (Å²) in [5, 5.41) is 3.77. The van der Waals surface area contributed by atoms with Crippen LogP contribution in [-0.4, -0.2) is 50.1 Å². The highest BCUT2D eigenvalue weighted by atomic mass is 35.5. The van der Waals surface area contributed by atoms with Gasteiger partial charge in [0.1, 0.15) is 5.75 Å². The Morgan fingerprint density at radius 2 is 2.07 bits per heavy atom. The first-order chi connectivity index (χ1) is 14.6. The van der Waals surface area contributed by atoms with E-state index in [2.05, 4.69) is 46.0 Å². The molecule has 30 heavy (non-hydrogen) atoms. The Bertz CT molecular complexity index is 915. The second kappa shape index (κ2) is 9.11. The first kappa shape index (κ1) is 20.8. The summed E-state index contributed by atoms with van der Waals surface area (Å²) < 4.78 is 5.46. The first-order valence-electron chi connectivity index (χ1n) is 10.4. The summed E-state index contributed by atoms with van der Waals surface area (Å²) in [5.41, 5.74) is 3.63. The molecule has 4 rings (SSSR count). The fourth-order valence-electron chi connectivity index (χ4n) is 4.56. The molecule has 0 aliphatic carbocycles. The van der Waals surface area contributed by atoms with E-state index in [4.69, 9.17) is 16.3 Å². The lowest BCUT2D eigenvalue weighted by molar-refractivity contribution is -0.126. The molecule has 0 radical (unpaired) electrons. The van der Waals surface area contributed by atoms with Gasteiger partial charge in [-0.3, -0.25) is 9.69 Å². The van der Waals surface area contributed by atoms with Crippen LogP contribution in [-0.2, 0) is 17.8 Å². The standard InChI is InChI=1S/C24H28ClN3O2/c1-3-10-26-24(29)21-13-18-6-9-20(30-2)14-22(18)28-12-11-27(16-23(21)28)15-17-4-7-19(25)8-5-17/h3-9,14,21,23H,1,10-13,15-16H2,2H3,(H,26,29)/t21-,23-/m1/s1. The topological polar surface area (TPSA) is 44.8 Å². The van der Waals surface area contributed by atoms with Crippen molar-refractivity contribution < 1.29 is 9.53 Å². The zero-order chi connectivity index (χ0) is 21.1. The highest BCUT2D eigenvalue weighted by Crippen LogP contribution is 2.38. The molecule has 0 bridgehead atoms. The maximum absolute atomic E-state index is 13.0. The van der Waals surface area contributed by atoms with Gasteiger partial charge in [-0.05, 0) is 35.7 Å². The number of benzene rings is 2. The lowest BCUT2D eigenvalue weighted by Gasteiger charge is -2.49. The van der Waals surface area contributed by atoms with Crippen molar-refractivity contribution in [2.24, 2.45) is 5.92 Å². The van der Waals surface area contributed by atoms with Crippen LogP contribution in [0.3, 0.4) is 0 Å². The molecule has 6 heteroatoms. The smallest absolute Gasteiger partial charge is 0.225 e. The quantitative estimate of drug-likeness (QED) is 0.719. The minimum absolute atomic E-state index is 0.0970. The number of piperazine rings is 1. The number of hydrogen-bond donors (Lipinski definition) is 1. The molecule has 2 aliphatic heterocycles. The summed E-state index contributed by atoms with van der Waals surface area (Å²) in [4.78, 5) is 17.8. The molecule has 1 fully saturated rings. The Labute approximate surface area is 183 Å². The number of hydrogen-bond acceptors (Lipinski definition) is 4. The molecule has 2 atom stereocenters. The highest BCUT2D eigenvalue weighted by Gasteiger charge is 2.41. The van der Waals surface area contributed by atoms with Crippen molar-refractivity contribution in [3.63, 3.8) is 0 Å². The summed E-state index contributed by atoms with van der Waals surface area (Å²) in [7, 11) is 1.69. The van der Waals surface area contributed by atoms with Gasteiger partial charge in [-0.25, -0.2) is 0 Å². The number of anilines is 1. The van der Waals surface area contributed by atoms with E-state index < -0.39 is 0 Å². The Morgan fingerprint density at radius 1 is 1.27 bits per heavy atom. The van der Waals surface area contributed by atoms with Gasteiger partial charge in [0.15, 0.2) is 0 Å². The number of carbonyl (C=O) groups excluding carboxylic acids is 1. The zero-order valence-corrected chi connectivity index (χ0v) is 18.1. The van der Waals surface area contributed by atoms with Gasteiger partial charge in [-0.2, -0.15) is 0 Å². The van der Waals surface area contributed by atoms with E-state index in [0.29, 0.717) is 6.54 Å². The molecular formula is C24H28ClN3O2. The maximum Gasteiger partial charge on any atom is 0.225 e. The van der Waals surface area contributed by atoms with E-state index in [1.165, 1.54) is 16.8 Å². The predicted octanol–water partition coefficient (Wildman–Crippen LogP) is 3.51. The number of nitrogens with zero attached hydrogens (tertiary/aromatic N) is 2. The Morgan fingerprint density at radius 3 is 2.80 bits per heavy atom. The zero-order valence-electron chi connectivity index (χ0n) is 17.3. The van der Waals surface area contributed by atoms with Gasteiger partial charge in [0, 0.05) is 49.5 Å². The Balaban J connectivity index is 1.58. The fourth-order valence-corrected chi connectivity index (χ4v) is 4.69. The normalized spacial score (nSPS) is 20.8. The Hall–Kier alpha value is -2.50. The molecular weight excluding hydrogens is 398 g/mol. The van der Waals surface area contributed by atoms with Gasteiger partial charge in [-0.1, -0.05) is 35.9 Å². The summed E-state index contributed by atoms with van der Waals surface area (Å²) in [6.07, 6.45) is 2.46. The molecule has 2 aromatic rings. The molecule has 2 heterocycles. The number of fused-ring (bicyclic) bond motifs is 3. The van der Waals surface area contributed by atoms with E-state index in [-0.39, 0.29) is 17.9 Å². The maximum atomic E-state index is 13.0. The molecule has 1 amide bonds. The summed E-state index contributed by atoms with van der Waals surface area (Å²) in [6, 6.07) is 14.3. The van der Waals surface area contributed by atoms with Gasteiger partial charge in [0.05, 0.1) is 19.1 Å². The third-order valence-electron chi connectivity index (χ3n) is 6.09. The van der Waals surface area contributed by atoms with Crippen LogP contribution in [0.5, 0.6) is 5.75 Å². The van der Waals surface area contributed by atoms with E-state index in [1.54, 1.807) is 13.2 Å². The monoisotopic (exact) mass is 425 g/mol. The van der Waals surface area contributed by atoms with Crippen LogP contribution in [0.2, 0.25) is 5.02 Å². The number of rotatable bonds is 6. The average Bonchev–Trinajstić information content (AvgIpc) is 2.78. The van der Waals surface area contributed by atoms with Crippen molar-refractivity contribution in [1.82, 2.24) is 10.2 Å². The SMILES string of the molecule is C=CCNC(=O)[C@@H]1Cc2ccc(OC)cc2N2CCN(Cc3ccc(Cl)cc3)C[C@H]12. The number of methoxy groups -OCH3 is 1. The molecule has 0 spiro atoms. The largest absolute Gasteiger partial charge is 0.497 e. The second-order valence-corrected chi connectivity index (χ2v) is 8.40. The number of amides is 1. The fraction of sp³-hybridized carbons (Fsp3) is 0.375. The van der Waals surface area contributed by atoms with E-state index in [9.17, 15) is 4.79 Å². The summed E-state index contributed by atoms with van der Waals surface area (Å²) in [5.74, 6) is 0.851. The van der Waals surface area contributed by atoms with Crippen LogP contribution in [0.1, 0.15) is 11.1 Å². The van der Waals surface area contributed by atoms with Crippen LogP contribution in [0.25, 0.3) is 0 Å². The third kappa shape index (κ3) is 4.32. The molecule has 2 aliphatic rings. The molecule has 2 aromatic carbocycles. The molecule has 1 N–H and O–H groups in total. The van der Waals surface area contributed by atoms with Crippen molar-refractivity contribution in [3.8, 4) is 5.75 Å². The number of ether oxygens (including phenoxy) is 1. The van der Waals surface area contributed by atoms with Crippen LogP contribution < -0.4 is 15.0 Å². The minimum atomic E-state index is -0.0983. The van der Waals surface area contributed by atoms with Gasteiger partial charge in [0.2, 0.25) is 5.91 Å². The highest BCUT2D eigenvalue weighted by molar-refractivity contribution is 6.30. The molecule has 1 saturated heterocycles. The van der Waals surface area contributed by atoms with Crippen LogP contribution >= 0.6 is 11.6 Å². The third-order valence-corrected chi connectivity index (χ3v) is 6.34. The average molecular weight is 426 g/mol. The van der Waals surface area contributed by atoms with E-state index >= 15 is 0 Å². The molecule has 0 unspecified atom stereocenters. The van der Waals surface area contributed by atoms with Gasteiger partial charge in [-0.15, -0.1) is 6.58 Å². The van der Waals surface area contributed by atoms with Gasteiger partial charge >= 0.3 is 0 Å². The lowest BCUT2D eigenvalue weighted by atomic mass is 9.83. The second-order valence-electron chi connectivity index (χ2n) is 7.96. The van der Waals surface area contributed by atoms with Crippen molar-refractivity contribution in [3.05, 3.63) is 71.3 Å². The van der Waals surface area contributed by atoms with Crippen molar-refractivity contribution in [1.29, 1.82) is 0 Å². The Kier molecular flexibility index (Phi) is 6.30. The number of carbonyl (C=O) groups is 1. The van der Waals surface area contributed by atoms with Gasteiger partial charge in [0.25, 0.3) is 0 Å². The van der Waals surface area contributed by atoms with Crippen molar-refractivity contribution >= 4 is 23.2 Å². The minimum Gasteiger partial charge on any atom is -0.497 e.